The van der Waals surface area contributed by atoms with E-state index in [4.69, 9.17) is 11.6 Å². The second-order valence-corrected chi connectivity index (χ2v) is 6.23. The Bertz CT molecular complexity index is 823. The van der Waals surface area contributed by atoms with Crippen molar-refractivity contribution in [3.63, 3.8) is 0 Å². The highest BCUT2D eigenvalue weighted by atomic mass is 79.9. The number of hydrogen-bond acceptors (Lipinski definition) is 5. The smallest absolute Gasteiger partial charge is 0.249 e. The minimum atomic E-state index is 0.414. The normalized spacial score (nSPS) is 10.4. The van der Waals surface area contributed by atoms with Gasteiger partial charge in [-0.2, -0.15) is 10.1 Å². The fraction of sp³-hybridized carbons (Fsp3) is 0.0625. The van der Waals surface area contributed by atoms with Gasteiger partial charge in [-0.1, -0.05) is 27.5 Å². The maximum atomic E-state index is 5.96. The number of aryl methyl sites for hydroxylation is 1. The van der Waals surface area contributed by atoms with Crippen LogP contribution in [0, 0.1) is 6.92 Å². The van der Waals surface area contributed by atoms with Crippen molar-refractivity contribution in [2.24, 2.45) is 0 Å². The molecule has 3 rings (SSSR count). The Kier molecular flexibility index (Phi) is 4.73. The van der Waals surface area contributed by atoms with Crippen molar-refractivity contribution in [3.8, 4) is 0 Å². The van der Waals surface area contributed by atoms with Gasteiger partial charge in [0.25, 0.3) is 0 Å². The van der Waals surface area contributed by atoms with Gasteiger partial charge in [-0.05, 0) is 55.0 Å². The summed E-state index contributed by atoms with van der Waals surface area (Å²) in [6.07, 6.45) is 1.57. The Morgan fingerprint density at radius 2 is 1.83 bits per heavy atom. The summed E-state index contributed by atoms with van der Waals surface area (Å²) >= 11 is 9.37. The van der Waals surface area contributed by atoms with Gasteiger partial charge in [-0.15, -0.1) is 5.10 Å². The highest BCUT2D eigenvalue weighted by Gasteiger charge is 2.04. The third kappa shape index (κ3) is 4.18. The molecule has 0 spiro atoms. The molecule has 0 aliphatic rings. The van der Waals surface area contributed by atoms with Crippen LogP contribution >= 0.6 is 27.5 Å². The molecule has 0 saturated heterocycles. The van der Waals surface area contributed by atoms with Crippen molar-refractivity contribution >= 4 is 50.7 Å². The summed E-state index contributed by atoms with van der Waals surface area (Å²) in [6, 6.07) is 13.4. The molecule has 1 heterocycles. The van der Waals surface area contributed by atoms with E-state index in [2.05, 4.69) is 41.7 Å². The van der Waals surface area contributed by atoms with Crippen LogP contribution in [0.25, 0.3) is 0 Å². The van der Waals surface area contributed by atoms with Gasteiger partial charge in [0, 0.05) is 20.9 Å². The Morgan fingerprint density at radius 1 is 1.04 bits per heavy atom. The van der Waals surface area contributed by atoms with Crippen LogP contribution in [0.1, 0.15) is 5.56 Å². The van der Waals surface area contributed by atoms with Crippen molar-refractivity contribution in [1.82, 2.24) is 15.2 Å². The van der Waals surface area contributed by atoms with Gasteiger partial charge >= 0.3 is 0 Å². The molecule has 0 aliphatic heterocycles. The van der Waals surface area contributed by atoms with Crippen molar-refractivity contribution in [1.29, 1.82) is 0 Å². The SMILES string of the molecule is Cc1cc(Cl)ccc1Nc1nncc(Nc2ccc(Br)cc2)n1. The van der Waals surface area contributed by atoms with Crippen molar-refractivity contribution in [3.05, 3.63) is 63.7 Å². The van der Waals surface area contributed by atoms with Gasteiger partial charge in [-0.25, -0.2) is 0 Å². The molecule has 5 nitrogen and oxygen atoms in total. The maximum absolute atomic E-state index is 5.96. The average Bonchev–Trinajstić information content (AvgIpc) is 2.53. The summed E-state index contributed by atoms with van der Waals surface area (Å²) in [5.74, 6) is 1.02. The molecule has 0 atom stereocenters. The molecule has 0 aliphatic carbocycles. The summed E-state index contributed by atoms with van der Waals surface area (Å²) in [5, 5.41) is 15.0. The number of benzene rings is 2. The summed E-state index contributed by atoms with van der Waals surface area (Å²) in [6.45, 7) is 1.96. The number of anilines is 4. The van der Waals surface area contributed by atoms with Crippen LogP contribution < -0.4 is 10.6 Å². The monoisotopic (exact) mass is 389 g/mol. The molecule has 0 bridgehead atoms. The van der Waals surface area contributed by atoms with Gasteiger partial charge in [0.2, 0.25) is 5.95 Å². The third-order valence-electron chi connectivity index (χ3n) is 3.11. The number of nitrogens with one attached hydrogen (secondary N) is 2. The molecule has 116 valence electrons. The largest absolute Gasteiger partial charge is 0.339 e. The lowest BCUT2D eigenvalue weighted by Crippen LogP contribution is -2.03. The Labute approximate surface area is 147 Å². The van der Waals surface area contributed by atoms with Crippen molar-refractivity contribution in [2.45, 2.75) is 6.92 Å². The molecule has 23 heavy (non-hydrogen) atoms. The Balaban J connectivity index is 1.78. The summed E-state index contributed by atoms with van der Waals surface area (Å²) in [5.41, 5.74) is 2.81. The van der Waals surface area contributed by atoms with Crippen LogP contribution in [0.4, 0.5) is 23.1 Å². The Morgan fingerprint density at radius 3 is 2.57 bits per heavy atom. The third-order valence-corrected chi connectivity index (χ3v) is 3.87. The number of halogens is 2. The van der Waals surface area contributed by atoms with Crippen LogP contribution in [-0.2, 0) is 0 Å². The molecular weight excluding hydrogens is 378 g/mol. The highest BCUT2D eigenvalue weighted by Crippen LogP contribution is 2.23. The number of rotatable bonds is 4. The molecule has 0 saturated carbocycles. The van der Waals surface area contributed by atoms with E-state index < -0.39 is 0 Å². The van der Waals surface area contributed by atoms with E-state index in [1.54, 1.807) is 6.20 Å². The molecule has 0 amide bonds. The lowest BCUT2D eigenvalue weighted by molar-refractivity contribution is 0.982. The van der Waals surface area contributed by atoms with Gasteiger partial charge < -0.3 is 10.6 Å². The minimum absolute atomic E-state index is 0.414. The molecule has 7 heteroatoms. The molecule has 3 aromatic rings. The zero-order valence-corrected chi connectivity index (χ0v) is 14.6. The van der Waals surface area contributed by atoms with Crippen LogP contribution in [0.5, 0.6) is 0 Å². The summed E-state index contributed by atoms with van der Waals surface area (Å²) in [7, 11) is 0. The van der Waals surface area contributed by atoms with Crippen LogP contribution in [0.3, 0.4) is 0 Å². The van der Waals surface area contributed by atoms with Crippen LogP contribution in [0.2, 0.25) is 5.02 Å². The Hall–Kier alpha value is -2.18. The predicted molar refractivity (Wildman–Crippen MR) is 96.7 cm³/mol. The second kappa shape index (κ2) is 6.93. The fourth-order valence-corrected chi connectivity index (χ4v) is 2.48. The number of aromatic nitrogens is 3. The number of nitrogens with zero attached hydrogens (tertiary/aromatic N) is 3. The van der Waals surface area contributed by atoms with E-state index >= 15 is 0 Å². The fourth-order valence-electron chi connectivity index (χ4n) is 1.99. The lowest BCUT2D eigenvalue weighted by Gasteiger charge is -2.09. The first-order chi connectivity index (χ1) is 11.1. The highest BCUT2D eigenvalue weighted by molar-refractivity contribution is 9.10. The molecule has 1 aromatic heterocycles. The zero-order valence-electron chi connectivity index (χ0n) is 12.2. The molecule has 0 fully saturated rings. The molecule has 0 unspecified atom stereocenters. The van der Waals surface area contributed by atoms with Crippen LogP contribution in [0.15, 0.2) is 53.1 Å². The topological polar surface area (TPSA) is 62.7 Å². The van der Waals surface area contributed by atoms with E-state index in [0.29, 0.717) is 16.8 Å². The van der Waals surface area contributed by atoms with Crippen molar-refractivity contribution < 1.29 is 0 Å². The molecule has 2 N–H and O–H groups in total. The summed E-state index contributed by atoms with van der Waals surface area (Å²) < 4.78 is 1.02. The standard InChI is InChI=1S/C16H13BrClN5/c1-10-8-12(18)4-7-14(10)21-16-22-15(9-19-23-16)20-13-5-2-11(17)3-6-13/h2-9H,1H3,(H2,20,21,22,23). The first-order valence-electron chi connectivity index (χ1n) is 6.86. The second-order valence-electron chi connectivity index (χ2n) is 4.88. The first kappa shape index (κ1) is 15.7. The number of hydrogen-bond donors (Lipinski definition) is 2. The minimum Gasteiger partial charge on any atom is -0.339 e. The van der Waals surface area contributed by atoms with E-state index in [1.807, 2.05) is 49.4 Å². The van der Waals surface area contributed by atoms with Gasteiger partial charge in [0.15, 0.2) is 5.82 Å². The van der Waals surface area contributed by atoms with Gasteiger partial charge in [0.05, 0.1) is 6.20 Å². The molecule has 0 radical (unpaired) electrons. The first-order valence-corrected chi connectivity index (χ1v) is 8.03. The average molecular weight is 391 g/mol. The zero-order chi connectivity index (χ0) is 16.2. The van der Waals surface area contributed by atoms with Gasteiger partial charge in [-0.3, -0.25) is 0 Å². The maximum Gasteiger partial charge on any atom is 0.249 e. The summed E-state index contributed by atoms with van der Waals surface area (Å²) in [4.78, 5) is 4.41. The predicted octanol–water partition coefficient (Wildman–Crippen LogP) is 5.08. The lowest BCUT2D eigenvalue weighted by atomic mass is 10.2. The van der Waals surface area contributed by atoms with Gasteiger partial charge in [0.1, 0.15) is 0 Å². The van der Waals surface area contributed by atoms with Crippen molar-refractivity contribution in [2.75, 3.05) is 10.6 Å². The molecular formula is C16H13BrClN5. The van der Waals surface area contributed by atoms with E-state index in [0.717, 1.165) is 21.4 Å². The van der Waals surface area contributed by atoms with E-state index in [9.17, 15) is 0 Å². The van der Waals surface area contributed by atoms with E-state index in [1.165, 1.54) is 0 Å². The quantitative estimate of drug-likeness (QED) is 0.650. The van der Waals surface area contributed by atoms with Crippen LogP contribution in [-0.4, -0.2) is 15.2 Å². The van der Waals surface area contributed by atoms with E-state index in [-0.39, 0.29) is 0 Å². The molecule has 2 aromatic carbocycles.